The Morgan fingerprint density at radius 3 is 2.94 bits per heavy atom. The van der Waals surface area contributed by atoms with Gasteiger partial charge < -0.3 is 5.73 Å². The monoisotopic (exact) mass is 275 g/mol. The summed E-state index contributed by atoms with van der Waals surface area (Å²) < 4.78 is 5.16. The number of aryl methyl sites for hydroxylation is 1. The fourth-order valence-electron chi connectivity index (χ4n) is 1.39. The van der Waals surface area contributed by atoms with Crippen LogP contribution in [-0.4, -0.2) is 15.9 Å². The van der Waals surface area contributed by atoms with Crippen LogP contribution in [0.2, 0.25) is 0 Å². The van der Waals surface area contributed by atoms with Crippen LogP contribution < -0.4 is 5.73 Å². The minimum atomic E-state index is 0.386. The summed E-state index contributed by atoms with van der Waals surface area (Å²) in [4.78, 5) is 4.33. The Hall–Kier alpha value is -1.35. The number of hydrogen-bond donors (Lipinski definition) is 1. The van der Waals surface area contributed by atoms with Crippen LogP contribution in [0.15, 0.2) is 28.6 Å². The predicted octanol–water partition coefficient (Wildman–Crippen LogP) is 2.45. The van der Waals surface area contributed by atoms with E-state index in [2.05, 4.69) is 27.3 Å². The highest BCUT2D eigenvalue weighted by molar-refractivity contribution is 8.00. The summed E-state index contributed by atoms with van der Waals surface area (Å²) in [5.74, 6) is 7.67. The highest BCUT2D eigenvalue weighted by Gasteiger charge is 2.04. The average Bonchev–Trinajstić information content (AvgIpc) is 2.81. The minimum absolute atomic E-state index is 0.386. The molecule has 0 aliphatic carbocycles. The summed E-state index contributed by atoms with van der Waals surface area (Å²) in [5.41, 5.74) is 7.64. The molecule has 0 fully saturated rings. The van der Waals surface area contributed by atoms with Gasteiger partial charge in [0.15, 0.2) is 4.34 Å². The van der Waals surface area contributed by atoms with Gasteiger partial charge in [-0.05, 0) is 30.1 Å². The van der Waals surface area contributed by atoms with E-state index < -0.39 is 0 Å². The molecule has 5 heteroatoms. The molecule has 0 spiro atoms. The molecule has 1 aromatic carbocycles. The lowest BCUT2D eigenvalue weighted by molar-refractivity contribution is 1.10. The Labute approximate surface area is 115 Å². The molecule has 0 aliphatic rings. The van der Waals surface area contributed by atoms with Gasteiger partial charge in [0.2, 0.25) is 0 Å². The van der Waals surface area contributed by atoms with Crippen molar-refractivity contribution >= 4 is 23.3 Å². The fraction of sp³-hybridized carbons (Fsp3) is 0.231. The molecular weight excluding hydrogens is 262 g/mol. The maximum absolute atomic E-state index is 5.40. The molecule has 0 radical (unpaired) electrons. The summed E-state index contributed by atoms with van der Waals surface area (Å²) in [6, 6.07) is 8.12. The van der Waals surface area contributed by atoms with E-state index in [1.807, 2.05) is 25.1 Å². The lowest BCUT2D eigenvalue weighted by Gasteiger charge is -2.02. The van der Waals surface area contributed by atoms with Crippen molar-refractivity contribution in [2.24, 2.45) is 5.73 Å². The first kappa shape index (κ1) is 13.1. The van der Waals surface area contributed by atoms with E-state index in [-0.39, 0.29) is 0 Å². The normalized spacial score (nSPS) is 9.89. The molecule has 0 atom stereocenters. The summed E-state index contributed by atoms with van der Waals surface area (Å²) in [6.07, 6.45) is 0. The smallest absolute Gasteiger partial charge is 0.170 e. The molecule has 3 nitrogen and oxygen atoms in total. The zero-order chi connectivity index (χ0) is 12.8. The van der Waals surface area contributed by atoms with Gasteiger partial charge in [-0.2, -0.15) is 4.37 Å². The van der Waals surface area contributed by atoms with E-state index in [1.165, 1.54) is 17.1 Å². The molecule has 0 amide bonds. The van der Waals surface area contributed by atoms with Crippen LogP contribution in [0.25, 0.3) is 0 Å². The third-order valence-corrected chi connectivity index (χ3v) is 4.18. The predicted molar refractivity (Wildman–Crippen MR) is 76.6 cm³/mol. The second-order valence-corrected chi connectivity index (χ2v) is 5.53. The number of nitrogens with two attached hydrogens (primary N) is 1. The van der Waals surface area contributed by atoms with Crippen molar-refractivity contribution in [2.75, 3.05) is 6.54 Å². The average molecular weight is 275 g/mol. The van der Waals surface area contributed by atoms with E-state index in [9.17, 15) is 0 Å². The van der Waals surface area contributed by atoms with E-state index in [0.717, 1.165) is 21.5 Å². The number of hydrogen-bond acceptors (Lipinski definition) is 5. The fourth-order valence-corrected chi connectivity index (χ4v) is 3.04. The first-order valence-electron chi connectivity index (χ1n) is 5.49. The molecular formula is C13H13N3S2. The van der Waals surface area contributed by atoms with Crippen LogP contribution in [0.3, 0.4) is 0 Å². The number of benzene rings is 1. The second-order valence-electron chi connectivity index (χ2n) is 3.56. The lowest BCUT2D eigenvalue weighted by atomic mass is 10.1. The summed E-state index contributed by atoms with van der Waals surface area (Å²) in [6.45, 7) is 2.29. The Bertz CT molecular complexity index is 581. The topological polar surface area (TPSA) is 51.8 Å². The molecule has 2 N–H and O–H groups in total. The Morgan fingerprint density at radius 2 is 2.22 bits per heavy atom. The van der Waals surface area contributed by atoms with Crippen LogP contribution in [0.1, 0.15) is 17.0 Å². The van der Waals surface area contributed by atoms with Crippen molar-refractivity contribution in [1.82, 2.24) is 9.36 Å². The maximum Gasteiger partial charge on any atom is 0.170 e. The van der Waals surface area contributed by atoms with Crippen LogP contribution in [-0.2, 0) is 5.75 Å². The lowest BCUT2D eigenvalue weighted by Crippen LogP contribution is -1.94. The number of thioether (sulfide) groups is 1. The van der Waals surface area contributed by atoms with Gasteiger partial charge in [-0.1, -0.05) is 41.8 Å². The third kappa shape index (κ3) is 3.57. The summed E-state index contributed by atoms with van der Waals surface area (Å²) in [7, 11) is 0. The summed E-state index contributed by atoms with van der Waals surface area (Å²) >= 11 is 3.13. The van der Waals surface area contributed by atoms with Gasteiger partial charge in [-0.3, -0.25) is 0 Å². The van der Waals surface area contributed by atoms with Gasteiger partial charge >= 0.3 is 0 Å². The second kappa shape index (κ2) is 6.55. The van der Waals surface area contributed by atoms with Crippen molar-refractivity contribution in [3.05, 3.63) is 41.2 Å². The largest absolute Gasteiger partial charge is 0.320 e. The number of nitrogens with zero attached hydrogens (tertiary/aromatic N) is 2. The summed E-state index contributed by atoms with van der Waals surface area (Å²) in [5, 5.41) is 0. The first-order chi connectivity index (χ1) is 8.79. The van der Waals surface area contributed by atoms with E-state index in [1.54, 1.807) is 11.8 Å². The van der Waals surface area contributed by atoms with Crippen LogP contribution in [0, 0.1) is 18.8 Å². The van der Waals surface area contributed by atoms with Crippen molar-refractivity contribution in [1.29, 1.82) is 0 Å². The zero-order valence-corrected chi connectivity index (χ0v) is 11.6. The Balaban J connectivity index is 2.09. The maximum atomic E-state index is 5.40. The van der Waals surface area contributed by atoms with Gasteiger partial charge in [0.1, 0.15) is 5.82 Å². The van der Waals surface area contributed by atoms with Crippen LogP contribution in [0.5, 0.6) is 0 Å². The first-order valence-corrected chi connectivity index (χ1v) is 7.25. The van der Waals surface area contributed by atoms with Crippen LogP contribution >= 0.6 is 23.3 Å². The Morgan fingerprint density at radius 1 is 1.39 bits per heavy atom. The quantitative estimate of drug-likeness (QED) is 0.690. The van der Waals surface area contributed by atoms with Gasteiger partial charge in [0.25, 0.3) is 0 Å². The zero-order valence-electron chi connectivity index (χ0n) is 10.0. The molecule has 0 unspecified atom stereocenters. The van der Waals surface area contributed by atoms with Gasteiger partial charge in [-0.15, -0.1) is 0 Å². The molecule has 1 heterocycles. The number of rotatable bonds is 3. The molecule has 2 aromatic rings. The van der Waals surface area contributed by atoms with E-state index in [0.29, 0.717) is 6.54 Å². The molecule has 0 aliphatic heterocycles. The standard InChI is InChI=1S/C13H13N3S2/c1-10-15-13(18-16-10)17-9-12-6-3-2-5-11(12)7-4-8-14/h2-3,5-6H,8-9,14H2,1H3. The molecule has 0 saturated heterocycles. The van der Waals surface area contributed by atoms with Gasteiger partial charge in [0, 0.05) is 11.3 Å². The van der Waals surface area contributed by atoms with E-state index in [4.69, 9.17) is 5.73 Å². The number of aromatic nitrogens is 2. The van der Waals surface area contributed by atoms with Crippen molar-refractivity contribution in [3.8, 4) is 11.8 Å². The molecule has 1 aromatic heterocycles. The van der Waals surface area contributed by atoms with E-state index >= 15 is 0 Å². The molecule has 2 rings (SSSR count). The third-order valence-electron chi connectivity index (χ3n) is 2.20. The SMILES string of the molecule is Cc1nsc(SCc2ccccc2C#CCN)n1. The molecule has 18 heavy (non-hydrogen) atoms. The van der Waals surface area contributed by atoms with Crippen LogP contribution in [0.4, 0.5) is 0 Å². The Kier molecular flexibility index (Phi) is 4.76. The highest BCUT2D eigenvalue weighted by Crippen LogP contribution is 2.25. The highest BCUT2D eigenvalue weighted by atomic mass is 32.2. The molecule has 0 saturated carbocycles. The van der Waals surface area contributed by atoms with Gasteiger partial charge in [-0.25, -0.2) is 4.98 Å². The van der Waals surface area contributed by atoms with Crippen molar-refractivity contribution in [2.45, 2.75) is 17.0 Å². The van der Waals surface area contributed by atoms with Crippen molar-refractivity contribution < 1.29 is 0 Å². The van der Waals surface area contributed by atoms with Crippen molar-refractivity contribution in [3.63, 3.8) is 0 Å². The molecule has 0 bridgehead atoms. The molecule has 92 valence electrons. The van der Waals surface area contributed by atoms with Gasteiger partial charge in [0.05, 0.1) is 6.54 Å². The minimum Gasteiger partial charge on any atom is -0.320 e.